The summed E-state index contributed by atoms with van der Waals surface area (Å²) in [5, 5.41) is 0. The molecule has 1 unspecified atom stereocenters. The number of carbonyl (C=O) groups is 1. The average molecular weight is 333 g/mol. The number of morpholine rings is 1. The van der Waals surface area contributed by atoms with Gasteiger partial charge in [-0.3, -0.25) is 9.78 Å². The molecule has 2 saturated heterocycles. The second-order valence-electron chi connectivity index (χ2n) is 6.83. The monoisotopic (exact) mass is 333 g/mol. The molecule has 1 aromatic rings. The van der Waals surface area contributed by atoms with E-state index in [0.29, 0.717) is 30.7 Å². The van der Waals surface area contributed by atoms with Crippen molar-refractivity contribution in [3.63, 3.8) is 0 Å². The summed E-state index contributed by atoms with van der Waals surface area (Å²) in [5.41, 5.74) is 1.56. The van der Waals surface area contributed by atoms with E-state index < -0.39 is 0 Å². The Morgan fingerprint density at radius 2 is 1.96 bits per heavy atom. The van der Waals surface area contributed by atoms with Gasteiger partial charge in [-0.15, -0.1) is 0 Å². The van der Waals surface area contributed by atoms with Crippen molar-refractivity contribution in [1.29, 1.82) is 0 Å². The quantitative estimate of drug-likeness (QED) is 0.842. The molecule has 1 amide bonds. The highest BCUT2D eigenvalue weighted by atomic mass is 16.5. The molecular weight excluding hydrogens is 306 g/mol. The Morgan fingerprint density at radius 1 is 1.21 bits per heavy atom. The van der Waals surface area contributed by atoms with Crippen molar-refractivity contribution in [2.24, 2.45) is 11.8 Å². The van der Waals surface area contributed by atoms with Crippen LogP contribution in [0.2, 0.25) is 0 Å². The summed E-state index contributed by atoms with van der Waals surface area (Å²) in [7, 11) is 0. The highest BCUT2D eigenvalue weighted by Gasteiger charge is 2.26. The molecule has 3 rings (SSSR count). The van der Waals surface area contributed by atoms with Crippen molar-refractivity contribution in [3.05, 3.63) is 24.0 Å². The normalized spacial score (nSPS) is 22.5. The van der Waals surface area contributed by atoms with Crippen LogP contribution in [0, 0.1) is 11.8 Å². The Bertz CT molecular complexity index is 558. The molecule has 1 aromatic heterocycles. The number of aromatic nitrogens is 1. The molecule has 6 heteroatoms. The summed E-state index contributed by atoms with van der Waals surface area (Å²) in [6.07, 6.45) is 1.73. The lowest BCUT2D eigenvalue weighted by Crippen LogP contribution is -2.38. The van der Waals surface area contributed by atoms with E-state index in [9.17, 15) is 4.79 Å². The highest BCUT2D eigenvalue weighted by molar-refractivity contribution is 5.93. The first-order valence-electron chi connectivity index (χ1n) is 8.81. The van der Waals surface area contributed by atoms with Crippen LogP contribution in [0.4, 0.5) is 5.69 Å². The number of rotatable bonds is 3. The third kappa shape index (κ3) is 4.05. The molecule has 0 spiro atoms. The van der Waals surface area contributed by atoms with Gasteiger partial charge in [0.15, 0.2) is 0 Å². The van der Waals surface area contributed by atoms with Crippen molar-refractivity contribution in [3.8, 4) is 0 Å². The van der Waals surface area contributed by atoms with E-state index >= 15 is 0 Å². The Kier molecular flexibility index (Phi) is 5.68. The summed E-state index contributed by atoms with van der Waals surface area (Å²) < 4.78 is 11.1. The first-order chi connectivity index (χ1) is 11.6. The van der Waals surface area contributed by atoms with Crippen molar-refractivity contribution in [1.82, 2.24) is 9.88 Å². The number of hydrogen-bond donors (Lipinski definition) is 0. The molecule has 3 heterocycles. The van der Waals surface area contributed by atoms with Crippen LogP contribution < -0.4 is 4.90 Å². The Labute approximate surface area is 143 Å². The minimum Gasteiger partial charge on any atom is -0.379 e. The molecule has 24 heavy (non-hydrogen) atoms. The molecular formula is C18H27N3O3. The number of ether oxygens (including phenoxy) is 2. The van der Waals surface area contributed by atoms with Gasteiger partial charge in [0.05, 0.1) is 26.4 Å². The van der Waals surface area contributed by atoms with E-state index in [2.05, 4.69) is 23.7 Å². The maximum Gasteiger partial charge on any atom is 0.272 e. The van der Waals surface area contributed by atoms with E-state index in [4.69, 9.17) is 9.47 Å². The Hall–Kier alpha value is -1.66. The van der Waals surface area contributed by atoms with E-state index in [0.717, 1.165) is 45.1 Å². The van der Waals surface area contributed by atoms with E-state index in [1.54, 1.807) is 6.20 Å². The van der Waals surface area contributed by atoms with Crippen LogP contribution in [0.25, 0.3) is 0 Å². The first kappa shape index (κ1) is 17.2. The fourth-order valence-electron chi connectivity index (χ4n) is 3.14. The van der Waals surface area contributed by atoms with E-state index in [-0.39, 0.29) is 5.91 Å². The summed E-state index contributed by atoms with van der Waals surface area (Å²) in [6, 6.07) is 3.87. The summed E-state index contributed by atoms with van der Waals surface area (Å²) >= 11 is 0. The van der Waals surface area contributed by atoms with Gasteiger partial charge in [-0.05, 0) is 18.1 Å². The van der Waals surface area contributed by atoms with Crippen LogP contribution in [0.3, 0.4) is 0 Å². The van der Waals surface area contributed by atoms with Crippen LogP contribution in [-0.2, 0) is 9.47 Å². The number of nitrogens with zero attached hydrogens (tertiary/aromatic N) is 3. The predicted octanol–water partition coefficient (Wildman–Crippen LogP) is 1.66. The van der Waals surface area contributed by atoms with Gasteiger partial charge in [-0.25, -0.2) is 0 Å². The van der Waals surface area contributed by atoms with Gasteiger partial charge in [0, 0.05) is 44.0 Å². The fourth-order valence-corrected chi connectivity index (χ4v) is 3.14. The topological polar surface area (TPSA) is 54.9 Å². The minimum atomic E-state index is 0.00117. The summed E-state index contributed by atoms with van der Waals surface area (Å²) in [5.74, 6) is 0.867. The van der Waals surface area contributed by atoms with Crippen LogP contribution in [0.5, 0.6) is 0 Å². The minimum absolute atomic E-state index is 0.00117. The molecule has 0 aliphatic carbocycles. The summed E-state index contributed by atoms with van der Waals surface area (Å²) in [4.78, 5) is 21.4. The maximum absolute atomic E-state index is 12.9. The molecule has 2 aliphatic heterocycles. The highest BCUT2D eigenvalue weighted by Crippen LogP contribution is 2.20. The zero-order chi connectivity index (χ0) is 16.9. The van der Waals surface area contributed by atoms with Crippen LogP contribution >= 0.6 is 0 Å². The molecule has 2 fully saturated rings. The van der Waals surface area contributed by atoms with Gasteiger partial charge in [0.2, 0.25) is 0 Å². The lowest BCUT2D eigenvalue weighted by Gasteiger charge is -2.29. The smallest absolute Gasteiger partial charge is 0.272 e. The number of anilines is 1. The third-order valence-electron chi connectivity index (χ3n) is 4.86. The molecule has 0 radical (unpaired) electrons. The SMILES string of the molecule is CC(C)C1COCCN(C(=O)c2cc(N3CCOCC3)ccn2)C1. The number of hydrogen-bond acceptors (Lipinski definition) is 5. The Morgan fingerprint density at radius 3 is 2.71 bits per heavy atom. The molecule has 6 nitrogen and oxygen atoms in total. The van der Waals surface area contributed by atoms with Crippen molar-refractivity contribution < 1.29 is 14.3 Å². The van der Waals surface area contributed by atoms with Crippen molar-refractivity contribution in [2.45, 2.75) is 13.8 Å². The van der Waals surface area contributed by atoms with E-state index in [1.807, 2.05) is 17.0 Å². The van der Waals surface area contributed by atoms with Gasteiger partial charge < -0.3 is 19.3 Å². The van der Waals surface area contributed by atoms with Gasteiger partial charge in [0.1, 0.15) is 5.69 Å². The van der Waals surface area contributed by atoms with E-state index in [1.165, 1.54) is 0 Å². The van der Waals surface area contributed by atoms with Gasteiger partial charge >= 0.3 is 0 Å². The molecule has 2 aliphatic rings. The van der Waals surface area contributed by atoms with Crippen LogP contribution in [-0.4, -0.2) is 68.4 Å². The number of pyridine rings is 1. The standard InChI is InChI=1S/C18H27N3O3/c1-14(2)15-12-21(7-10-24-13-15)18(22)17-11-16(3-4-19-17)20-5-8-23-9-6-20/h3-4,11,14-15H,5-10,12-13H2,1-2H3. The molecule has 1 atom stereocenters. The van der Waals surface area contributed by atoms with Crippen molar-refractivity contribution >= 4 is 11.6 Å². The molecule has 132 valence electrons. The second-order valence-corrected chi connectivity index (χ2v) is 6.83. The number of carbonyl (C=O) groups excluding carboxylic acids is 1. The zero-order valence-corrected chi connectivity index (χ0v) is 14.6. The molecule has 0 aromatic carbocycles. The van der Waals surface area contributed by atoms with Gasteiger partial charge in [-0.2, -0.15) is 0 Å². The first-order valence-corrected chi connectivity index (χ1v) is 8.81. The second kappa shape index (κ2) is 7.94. The van der Waals surface area contributed by atoms with Crippen LogP contribution in [0.1, 0.15) is 24.3 Å². The fraction of sp³-hybridized carbons (Fsp3) is 0.667. The van der Waals surface area contributed by atoms with Crippen molar-refractivity contribution in [2.75, 3.05) is 57.5 Å². The lowest BCUT2D eigenvalue weighted by molar-refractivity contribution is 0.0727. The van der Waals surface area contributed by atoms with Crippen LogP contribution in [0.15, 0.2) is 18.3 Å². The molecule has 0 N–H and O–H groups in total. The third-order valence-corrected chi connectivity index (χ3v) is 4.86. The molecule has 0 bridgehead atoms. The molecule has 0 saturated carbocycles. The average Bonchev–Trinajstić information content (AvgIpc) is 2.88. The maximum atomic E-state index is 12.9. The Balaban J connectivity index is 1.73. The van der Waals surface area contributed by atoms with Gasteiger partial charge in [0.25, 0.3) is 5.91 Å². The predicted molar refractivity (Wildman–Crippen MR) is 92.3 cm³/mol. The summed E-state index contributed by atoms with van der Waals surface area (Å²) in [6.45, 7) is 10.2. The number of amides is 1. The largest absolute Gasteiger partial charge is 0.379 e. The van der Waals surface area contributed by atoms with Gasteiger partial charge in [-0.1, -0.05) is 13.8 Å². The lowest BCUT2D eigenvalue weighted by atomic mass is 9.96. The zero-order valence-electron chi connectivity index (χ0n) is 14.6.